The van der Waals surface area contributed by atoms with Crippen LogP contribution in [-0.4, -0.2) is 56.5 Å². The molecule has 2 saturated heterocycles. The fourth-order valence-electron chi connectivity index (χ4n) is 4.06. The van der Waals surface area contributed by atoms with Crippen molar-refractivity contribution in [2.24, 2.45) is 4.99 Å². The first kappa shape index (κ1) is 20.2. The Bertz CT molecular complexity index is 889. The molecule has 2 aromatic carbocycles. The molecule has 158 valence electrons. The molecule has 2 heterocycles. The van der Waals surface area contributed by atoms with E-state index in [-0.39, 0.29) is 11.7 Å². The van der Waals surface area contributed by atoms with Gasteiger partial charge in [0.15, 0.2) is 5.96 Å². The molecule has 4 rings (SSSR count). The van der Waals surface area contributed by atoms with Crippen LogP contribution in [0, 0.1) is 5.82 Å². The van der Waals surface area contributed by atoms with Crippen molar-refractivity contribution in [3.63, 3.8) is 0 Å². The van der Waals surface area contributed by atoms with Crippen LogP contribution in [0.3, 0.4) is 0 Å². The summed E-state index contributed by atoms with van der Waals surface area (Å²) in [7, 11) is 1.80. The zero-order valence-corrected chi connectivity index (χ0v) is 17.4. The summed E-state index contributed by atoms with van der Waals surface area (Å²) in [4.78, 5) is 22.7. The first-order valence-corrected chi connectivity index (χ1v) is 10.5. The smallest absolute Gasteiger partial charge is 0.227 e. The lowest BCUT2D eigenvalue weighted by Crippen LogP contribution is -2.52. The number of piperazine rings is 1. The van der Waals surface area contributed by atoms with E-state index in [0.717, 1.165) is 62.0 Å². The minimum atomic E-state index is -0.206. The molecule has 7 heteroatoms. The van der Waals surface area contributed by atoms with Gasteiger partial charge in [-0.1, -0.05) is 12.1 Å². The second-order valence-corrected chi connectivity index (χ2v) is 7.67. The van der Waals surface area contributed by atoms with Crippen LogP contribution in [0.4, 0.5) is 15.8 Å². The standard InChI is InChI=1S/C23H28FN5O/c1-25-23(28-15-13-27(14-16-28)20-10-6-19(24)7-11-20)26-17-18-4-8-21(9-5-18)29-12-2-3-22(29)30/h4-11H,2-3,12-17H2,1H3,(H,25,26). The summed E-state index contributed by atoms with van der Waals surface area (Å²) in [6, 6.07) is 14.8. The lowest BCUT2D eigenvalue weighted by Gasteiger charge is -2.37. The summed E-state index contributed by atoms with van der Waals surface area (Å²) >= 11 is 0. The van der Waals surface area contributed by atoms with Gasteiger partial charge in [-0.15, -0.1) is 0 Å². The Hall–Kier alpha value is -3.09. The molecular weight excluding hydrogens is 381 g/mol. The van der Waals surface area contributed by atoms with E-state index >= 15 is 0 Å². The molecule has 0 unspecified atom stereocenters. The van der Waals surface area contributed by atoms with Crippen LogP contribution in [0.5, 0.6) is 0 Å². The van der Waals surface area contributed by atoms with Gasteiger partial charge in [-0.05, 0) is 48.4 Å². The highest BCUT2D eigenvalue weighted by Gasteiger charge is 2.22. The van der Waals surface area contributed by atoms with Crippen LogP contribution in [0.15, 0.2) is 53.5 Å². The maximum atomic E-state index is 13.1. The van der Waals surface area contributed by atoms with Gasteiger partial charge in [0.2, 0.25) is 5.91 Å². The van der Waals surface area contributed by atoms with Gasteiger partial charge in [0, 0.05) is 64.1 Å². The van der Waals surface area contributed by atoms with E-state index in [4.69, 9.17) is 0 Å². The number of carbonyl (C=O) groups excluding carboxylic acids is 1. The lowest BCUT2D eigenvalue weighted by atomic mass is 10.2. The normalized spacial score (nSPS) is 17.6. The number of nitrogens with zero attached hydrogens (tertiary/aromatic N) is 4. The number of nitrogens with one attached hydrogen (secondary N) is 1. The molecule has 0 saturated carbocycles. The molecule has 1 amide bonds. The van der Waals surface area contributed by atoms with E-state index in [9.17, 15) is 9.18 Å². The van der Waals surface area contributed by atoms with Gasteiger partial charge >= 0.3 is 0 Å². The predicted molar refractivity (Wildman–Crippen MR) is 118 cm³/mol. The minimum Gasteiger partial charge on any atom is -0.368 e. The summed E-state index contributed by atoms with van der Waals surface area (Å²) in [6.07, 6.45) is 1.58. The van der Waals surface area contributed by atoms with Gasteiger partial charge in [0.05, 0.1) is 0 Å². The molecule has 1 N–H and O–H groups in total. The fraction of sp³-hybridized carbons (Fsp3) is 0.391. The number of hydrogen-bond donors (Lipinski definition) is 1. The van der Waals surface area contributed by atoms with E-state index < -0.39 is 0 Å². The maximum Gasteiger partial charge on any atom is 0.227 e. The number of rotatable bonds is 4. The van der Waals surface area contributed by atoms with E-state index in [1.165, 1.54) is 12.1 Å². The van der Waals surface area contributed by atoms with Gasteiger partial charge in [0.25, 0.3) is 0 Å². The fourth-order valence-corrected chi connectivity index (χ4v) is 4.06. The highest BCUT2D eigenvalue weighted by atomic mass is 19.1. The second-order valence-electron chi connectivity index (χ2n) is 7.67. The second kappa shape index (κ2) is 9.15. The highest BCUT2D eigenvalue weighted by molar-refractivity contribution is 5.95. The van der Waals surface area contributed by atoms with Crippen LogP contribution in [-0.2, 0) is 11.3 Å². The monoisotopic (exact) mass is 409 g/mol. The Morgan fingerprint density at radius 1 is 0.967 bits per heavy atom. The molecule has 2 fully saturated rings. The van der Waals surface area contributed by atoms with Crippen molar-refractivity contribution in [3.05, 3.63) is 59.9 Å². The van der Waals surface area contributed by atoms with Gasteiger partial charge in [-0.3, -0.25) is 9.79 Å². The summed E-state index contributed by atoms with van der Waals surface area (Å²) in [6.45, 7) is 4.93. The first-order chi connectivity index (χ1) is 14.6. The number of amides is 1. The van der Waals surface area contributed by atoms with Crippen molar-refractivity contribution in [2.75, 3.05) is 49.6 Å². The molecule has 30 heavy (non-hydrogen) atoms. The SMILES string of the molecule is CN=C(NCc1ccc(N2CCCC2=O)cc1)N1CCN(c2ccc(F)cc2)CC1. The molecule has 0 bridgehead atoms. The van der Waals surface area contributed by atoms with Crippen LogP contribution < -0.4 is 15.1 Å². The molecule has 0 aromatic heterocycles. The predicted octanol–water partition coefficient (Wildman–Crippen LogP) is 2.85. The van der Waals surface area contributed by atoms with E-state index in [1.54, 1.807) is 7.05 Å². The number of aliphatic imine (C=N–C) groups is 1. The number of guanidine groups is 1. The molecule has 2 aromatic rings. The van der Waals surface area contributed by atoms with Gasteiger partial charge < -0.3 is 20.0 Å². The number of carbonyl (C=O) groups is 1. The minimum absolute atomic E-state index is 0.206. The number of halogens is 1. The number of hydrogen-bond acceptors (Lipinski definition) is 3. The maximum absolute atomic E-state index is 13.1. The summed E-state index contributed by atoms with van der Waals surface area (Å²) < 4.78 is 13.1. The van der Waals surface area contributed by atoms with Crippen molar-refractivity contribution in [2.45, 2.75) is 19.4 Å². The Labute approximate surface area is 177 Å². The lowest BCUT2D eigenvalue weighted by molar-refractivity contribution is -0.117. The van der Waals surface area contributed by atoms with Crippen molar-refractivity contribution in [1.29, 1.82) is 0 Å². The highest BCUT2D eigenvalue weighted by Crippen LogP contribution is 2.21. The van der Waals surface area contributed by atoms with Crippen LogP contribution in [0.25, 0.3) is 0 Å². The molecule has 0 atom stereocenters. The third kappa shape index (κ3) is 4.56. The zero-order valence-electron chi connectivity index (χ0n) is 17.4. The van der Waals surface area contributed by atoms with Gasteiger partial charge in [-0.25, -0.2) is 4.39 Å². The molecule has 0 radical (unpaired) electrons. The third-order valence-electron chi connectivity index (χ3n) is 5.75. The summed E-state index contributed by atoms with van der Waals surface area (Å²) in [5.74, 6) is 0.885. The molecule has 2 aliphatic heterocycles. The van der Waals surface area contributed by atoms with Crippen LogP contribution in [0.1, 0.15) is 18.4 Å². The van der Waals surface area contributed by atoms with Gasteiger partial charge in [-0.2, -0.15) is 0 Å². The number of anilines is 2. The van der Waals surface area contributed by atoms with Gasteiger partial charge in [0.1, 0.15) is 5.82 Å². The summed E-state index contributed by atoms with van der Waals surface area (Å²) in [5, 5.41) is 3.44. The molecule has 0 aliphatic carbocycles. The Balaban J connectivity index is 1.29. The van der Waals surface area contributed by atoms with Crippen LogP contribution in [0.2, 0.25) is 0 Å². The van der Waals surface area contributed by atoms with Crippen molar-refractivity contribution in [3.8, 4) is 0 Å². The quantitative estimate of drug-likeness (QED) is 0.623. The topological polar surface area (TPSA) is 51.2 Å². The Morgan fingerprint density at radius 2 is 1.63 bits per heavy atom. The van der Waals surface area contributed by atoms with Crippen molar-refractivity contribution in [1.82, 2.24) is 10.2 Å². The Morgan fingerprint density at radius 3 is 2.23 bits per heavy atom. The largest absolute Gasteiger partial charge is 0.368 e. The molecule has 2 aliphatic rings. The van der Waals surface area contributed by atoms with E-state index in [0.29, 0.717) is 13.0 Å². The average molecular weight is 410 g/mol. The van der Waals surface area contributed by atoms with Crippen molar-refractivity contribution >= 4 is 23.2 Å². The Kier molecular flexibility index (Phi) is 6.16. The van der Waals surface area contributed by atoms with E-state index in [2.05, 4.69) is 32.2 Å². The van der Waals surface area contributed by atoms with E-state index in [1.807, 2.05) is 29.2 Å². The van der Waals surface area contributed by atoms with Crippen molar-refractivity contribution < 1.29 is 9.18 Å². The molecule has 6 nitrogen and oxygen atoms in total. The molecular formula is C23H28FN5O. The zero-order chi connectivity index (χ0) is 20.9. The third-order valence-corrected chi connectivity index (χ3v) is 5.75. The molecule has 0 spiro atoms. The first-order valence-electron chi connectivity index (χ1n) is 10.5. The van der Waals surface area contributed by atoms with Crippen LogP contribution >= 0.6 is 0 Å². The number of benzene rings is 2. The average Bonchev–Trinajstić information content (AvgIpc) is 3.21. The summed E-state index contributed by atoms with van der Waals surface area (Å²) in [5.41, 5.74) is 3.18.